The lowest BCUT2D eigenvalue weighted by Crippen LogP contribution is -2.43. The molecule has 3 aromatic rings. The van der Waals surface area contributed by atoms with Crippen molar-refractivity contribution < 1.29 is 13.9 Å². The molecule has 1 amide bonds. The molecular weight excluding hydrogens is 417 g/mol. The maximum Gasteiger partial charge on any atom is 0.263 e. The van der Waals surface area contributed by atoms with Gasteiger partial charge in [-0.1, -0.05) is 0 Å². The first-order valence-electron chi connectivity index (χ1n) is 10.4. The van der Waals surface area contributed by atoms with Crippen LogP contribution in [0.5, 0.6) is 5.88 Å². The summed E-state index contributed by atoms with van der Waals surface area (Å²) < 4.78 is 18.8. The number of anilines is 2. The van der Waals surface area contributed by atoms with Crippen molar-refractivity contribution in [2.75, 3.05) is 37.0 Å². The summed E-state index contributed by atoms with van der Waals surface area (Å²) in [6.07, 6.45) is 1.48. The quantitative estimate of drug-likeness (QED) is 0.646. The molecule has 3 N–H and O–H groups in total. The maximum atomic E-state index is 12.9. The first-order chi connectivity index (χ1) is 15.0. The lowest BCUT2D eigenvalue weighted by molar-refractivity contribution is 0.0918. The Kier molecular flexibility index (Phi) is 5.13. The summed E-state index contributed by atoms with van der Waals surface area (Å²) >= 11 is 1.30. The number of nitrogen functional groups attached to an aromatic ring is 1. The number of hydrogen-bond acceptors (Lipinski definition) is 7. The molecule has 0 unspecified atom stereocenters. The van der Waals surface area contributed by atoms with Crippen LogP contribution in [0, 0.1) is 12.8 Å². The zero-order valence-corrected chi connectivity index (χ0v) is 18.0. The number of rotatable bonds is 4. The molecule has 0 spiro atoms. The molecule has 0 aliphatic carbocycles. The van der Waals surface area contributed by atoms with E-state index in [1.54, 1.807) is 0 Å². The number of aromatic nitrogens is 2. The number of thiophene rings is 1. The van der Waals surface area contributed by atoms with Gasteiger partial charge in [0.1, 0.15) is 22.1 Å². The molecule has 9 heteroatoms. The maximum absolute atomic E-state index is 12.9. The molecule has 31 heavy (non-hydrogen) atoms. The number of halogens is 1. The smallest absolute Gasteiger partial charge is 0.263 e. The highest BCUT2D eigenvalue weighted by molar-refractivity contribution is 7.21. The molecular formula is C22H24FN5O2S. The standard InChI is InChI=1S/C22H24FN5O2S/c1-12-2-4-16-18(24)19(31-22(16)25-12)20(29)26-15-8-14-3-5-17(27-21(14)30-11-15)28-7-6-13(9-23)10-28/h2-5,13,15H,6-11,24H2,1H3,(H,26,29)/t13-,15-/m1/s1. The Balaban J connectivity index is 1.28. The van der Waals surface area contributed by atoms with Crippen LogP contribution in [0.4, 0.5) is 15.9 Å². The molecule has 1 saturated heterocycles. The lowest BCUT2D eigenvalue weighted by atomic mass is 10.1. The van der Waals surface area contributed by atoms with Crippen LogP contribution in [0.25, 0.3) is 10.2 Å². The summed E-state index contributed by atoms with van der Waals surface area (Å²) in [5.74, 6) is 1.28. The Morgan fingerprint density at radius 2 is 2.23 bits per heavy atom. The molecule has 5 heterocycles. The molecule has 0 radical (unpaired) electrons. The van der Waals surface area contributed by atoms with E-state index in [2.05, 4.69) is 20.2 Å². The number of nitrogens with two attached hydrogens (primary N) is 1. The molecule has 1 fully saturated rings. The Hall–Kier alpha value is -2.94. The van der Waals surface area contributed by atoms with Crippen molar-refractivity contribution in [3.05, 3.63) is 40.4 Å². The second-order valence-corrected chi connectivity index (χ2v) is 9.22. The normalized spacial score (nSPS) is 20.5. The van der Waals surface area contributed by atoms with E-state index >= 15 is 0 Å². The van der Waals surface area contributed by atoms with Crippen LogP contribution in [0.1, 0.15) is 27.3 Å². The van der Waals surface area contributed by atoms with E-state index in [-0.39, 0.29) is 24.5 Å². The van der Waals surface area contributed by atoms with E-state index in [9.17, 15) is 9.18 Å². The summed E-state index contributed by atoms with van der Waals surface area (Å²) in [7, 11) is 0. The Labute approximate surface area is 183 Å². The highest BCUT2D eigenvalue weighted by atomic mass is 32.1. The summed E-state index contributed by atoms with van der Waals surface area (Å²) in [6, 6.07) is 7.55. The molecule has 162 valence electrons. The third-order valence-electron chi connectivity index (χ3n) is 5.91. The van der Waals surface area contributed by atoms with Gasteiger partial charge in [0, 0.05) is 42.1 Å². The fourth-order valence-electron chi connectivity index (χ4n) is 4.19. The van der Waals surface area contributed by atoms with Crippen molar-refractivity contribution in [2.45, 2.75) is 25.8 Å². The van der Waals surface area contributed by atoms with E-state index in [1.807, 2.05) is 31.2 Å². The number of fused-ring (bicyclic) bond motifs is 2. The summed E-state index contributed by atoms with van der Waals surface area (Å²) in [5, 5.41) is 3.84. The molecule has 7 nitrogen and oxygen atoms in total. The summed E-state index contributed by atoms with van der Waals surface area (Å²) in [4.78, 5) is 25.3. The summed E-state index contributed by atoms with van der Waals surface area (Å²) in [6.45, 7) is 3.45. The van der Waals surface area contributed by atoms with Crippen molar-refractivity contribution in [1.29, 1.82) is 0 Å². The number of aryl methyl sites for hydroxylation is 1. The Morgan fingerprint density at radius 3 is 3.03 bits per heavy atom. The van der Waals surface area contributed by atoms with Crippen LogP contribution >= 0.6 is 11.3 Å². The van der Waals surface area contributed by atoms with Crippen LogP contribution in [-0.2, 0) is 6.42 Å². The number of carbonyl (C=O) groups is 1. The van der Waals surface area contributed by atoms with Gasteiger partial charge >= 0.3 is 0 Å². The number of nitrogens with one attached hydrogen (secondary N) is 1. The molecule has 3 aromatic heterocycles. The van der Waals surface area contributed by atoms with Gasteiger partial charge in [-0.25, -0.2) is 4.98 Å². The van der Waals surface area contributed by atoms with Crippen molar-refractivity contribution in [3.63, 3.8) is 0 Å². The van der Waals surface area contributed by atoms with Crippen LogP contribution in [-0.4, -0.2) is 48.3 Å². The van der Waals surface area contributed by atoms with Gasteiger partial charge in [-0.05, 0) is 37.6 Å². The largest absolute Gasteiger partial charge is 0.475 e. The van der Waals surface area contributed by atoms with Gasteiger partial charge in [0.15, 0.2) is 0 Å². The van der Waals surface area contributed by atoms with Gasteiger partial charge in [0.25, 0.3) is 5.91 Å². The SMILES string of the molecule is Cc1ccc2c(N)c(C(=O)N[C@H]3COc4nc(N5CC[C@H](CF)C5)ccc4C3)sc2n1. The number of carbonyl (C=O) groups excluding carboxylic acids is 1. The average Bonchev–Trinajstić information content (AvgIpc) is 3.38. The van der Waals surface area contributed by atoms with E-state index < -0.39 is 0 Å². The van der Waals surface area contributed by atoms with Crippen molar-refractivity contribution in [1.82, 2.24) is 15.3 Å². The second-order valence-electron chi connectivity index (χ2n) is 8.22. The van der Waals surface area contributed by atoms with E-state index in [1.165, 1.54) is 11.3 Å². The first kappa shape index (κ1) is 20.0. The van der Waals surface area contributed by atoms with Crippen molar-refractivity contribution in [3.8, 4) is 5.88 Å². The molecule has 2 aliphatic heterocycles. The van der Waals surface area contributed by atoms with Gasteiger partial charge in [0.2, 0.25) is 5.88 Å². The van der Waals surface area contributed by atoms with Crippen LogP contribution < -0.4 is 20.7 Å². The molecule has 2 atom stereocenters. The molecule has 0 aromatic carbocycles. The zero-order chi connectivity index (χ0) is 21.5. The Bertz CT molecular complexity index is 1150. The number of hydrogen-bond donors (Lipinski definition) is 2. The minimum Gasteiger partial charge on any atom is -0.475 e. The minimum absolute atomic E-state index is 0.0822. The number of alkyl halides is 1. The fraction of sp³-hybridized carbons (Fsp3) is 0.409. The van der Waals surface area contributed by atoms with E-state index in [0.29, 0.717) is 36.0 Å². The van der Waals surface area contributed by atoms with Gasteiger partial charge in [0.05, 0.1) is 18.4 Å². The minimum atomic E-state index is -0.292. The third-order valence-corrected chi connectivity index (χ3v) is 7.03. The predicted molar refractivity (Wildman–Crippen MR) is 120 cm³/mol. The third kappa shape index (κ3) is 3.78. The van der Waals surface area contributed by atoms with Gasteiger partial charge in [-0.15, -0.1) is 11.3 Å². The second kappa shape index (κ2) is 7.96. The average molecular weight is 442 g/mol. The lowest BCUT2D eigenvalue weighted by Gasteiger charge is -2.26. The molecule has 2 aliphatic rings. The zero-order valence-electron chi connectivity index (χ0n) is 17.2. The first-order valence-corrected chi connectivity index (χ1v) is 11.2. The highest BCUT2D eigenvalue weighted by Gasteiger charge is 2.28. The number of ether oxygens (including phenoxy) is 1. The predicted octanol–water partition coefficient (Wildman–Crippen LogP) is 3.11. The van der Waals surface area contributed by atoms with Gasteiger partial charge in [-0.2, -0.15) is 4.98 Å². The van der Waals surface area contributed by atoms with Crippen molar-refractivity contribution >= 4 is 39.0 Å². The number of pyridine rings is 2. The van der Waals surface area contributed by atoms with E-state index in [0.717, 1.165) is 40.3 Å². The van der Waals surface area contributed by atoms with Crippen LogP contribution in [0.15, 0.2) is 24.3 Å². The summed E-state index contributed by atoms with van der Waals surface area (Å²) in [5.41, 5.74) is 8.51. The number of amides is 1. The molecule has 5 rings (SSSR count). The molecule has 0 bridgehead atoms. The van der Waals surface area contributed by atoms with Gasteiger partial charge < -0.3 is 20.7 Å². The van der Waals surface area contributed by atoms with Crippen molar-refractivity contribution in [2.24, 2.45) is 5.92 Å². The Morgan fingerprint density at radius 1 is 1.35 bits per heavy atom. The highest BCUT2D eigenvalue weighted by Crippen LogP contribution is 2.33. The fourth-order valence-corrected chi connectivity index (χ4v) is 5.23. The van der Waals surface area contributed by atoms with Gasteiger partial charge in [-0.3, -0.25) is 9.18 Å². The number of nitrogens with zero attached hydrogens (tertiary/aromatic N) is 3. The monoisotopic (exact) mass is 441 g/mol. The molecule has 0 saturated carbocycles. The topological polar surface area (TPSA) is 93.4 Å². The van der Waals surface area contributed by atoms with Crippen LogP contribution in [0.2, 0.25) is 0 Å². The van der Waals surface area contributed by atoms with Crippen LogP contribution in [0.3, 0.4) is 0 Å². The van der Waals surface area contributed by atoms with E-state index in [4.69, 9.17) is 10.5 Å².